The highest BCUT2D eigenvalue weighted by Gasteiger charge is 2.27. The lowest BCUT2D eigenvalue weighted by molar-refractivity contribution is -0.142. The fraction of sp³-hybridized carbons (Fsp3) is 0.333. The molecule has 1 aromatic carbocycles. The summed E-state index contributed by atoms with van der Waals surface area (Å²) in [6.45, 7) is 0. The molecule has 0 atom stereocenters. The van der Waals surface area contributed by atoms with Crippen molar-refractivity contribution in [1.82, 2.24) is 5.32 Å². The second kappa shape index (κ2) is 6.86. The van der Waals surface area contributed by atoms with Gasteiger partial charge in [-0.1, -0.05) is 12.1 Å². The second-order valence-electron chi connectivity index (χ2n) is 6.00. The fourth-order valence-electron chi connectivity index (χ4n) is 3.01. The van der Waals surface area contributed by atoms with Crippen LogP contribution in [0.15, 0.2) is 40.8 Å². The molecule has 24 heavy (non-hydrogen) atoms. The largest absolute Gasteiger partial charge is 0.481 e. The van der Waals surface area contributed by atoms with Crippen molar-refractivity contribution in [2.75, 3.05) is 0 Å². The molecular formula is C18H18FNO4. The van der Waals surface area contributed by atoms with Crippen molar-refractivity contribution in [1.29, 1.82) is 0 Å². The average molecular weight is 331 g/mol. The molecule has 2 aromatic rings. The van der Waals surface area contributed by atoms with E-state index in [0.29, 0.717) is 37.0 Å². The van der Waals surface area contributed by atoms with Crippen molar-refractivity contribution in [3.63, 3.8) is 0 Å². The fourth-order valence-corrected chi connectivity index (χ4v) is 3.01. The van der Waals surface area contributed by atoms with Crippen LogP contribution >= 0.6 is 0 Å². The topological polar surface area (TPSA) is 79.5 Å². The number of carboxylic acids is 1. The summed E-state index contributed by atoms with van der Waals surface area (Å²) >= 11 is 0. The quantitative estimate of drug-likeness (QED) is 0.899. The highest BCUT2D eigenvalue weighted by molar-refractivity contribution is 5.92. The number of rotatable bonds is 4. The highest BCUT2D eigenvalue weighted by atomic mass is 19.1. The van der Waals surface area contributed by atoms with E-state index in [1.165, 1.54) is 12.1 Å². The maximum absolute atomic E-state index is 13.8. The standard InChI is InChI=1S/C18H18FNO4/c19-14-4-2-1-3-13(14)15-9-10-16(24-15)17(21)20-12-7-5-11(6-8-12)18(22)23/h1-4,9-12H,5-8H2,(H,20,21)(H,22,23). The summed E-state index contributed by atoms with van der Waals surface area (Å²) in [5.74, 6) is -1.46. The van der Waals surface area contributed by atoms with E-state index in [9.17, 15) is 14.0 Å². The molecule has 5 nitrogen and oxygen atoms in total. The predicted molar refractivity (Wildman–Crippen MR) is 85.0 cm³/mol. The predicted octanol–water partition coefficient (Wildman–Crippen LogP) is 3.46. The summed E-state index contributed by atoms with van der Waals surface area (Å²) in [5, 5.41) is 11.8. The van der Waals surface area contributed by atoms with Gasteiger partial charge in [0.1, 0.15) is 11.6 Å². The van der Waals surface area contributed by atoms with Crippen molar-refractivity contribution >= 4 is 11.9 Å². The van der Waals surface area contributed by atoms with Gasteiger partial charge in [-0.3, -0.25) is 9.59 Å². The number of nitrogens with one attached hydrogen (secondary N) is 1. The van der Waals surface area contributed by atoms with Gasteiger partial charge in [-0.2, -0.15) is 0 Å². The molecule has 0 bridgehead atoms. The molecule has 2 N–H and O–H groups in total. The Bertz CT molecular complexity index is 747. The minimum absolute atomic E-state index is 0.0601. The van der Waals surface area contributed by atoms with Crippen LogP contribution < -0.4 is 5.32 Å². The maximum atomic E-state index is 13.8. The van der Waals surface area contributed by atoms with E-state index < -0.39 is 11.8 Å². The summed E-state index contributed by atoms with van der Waals surface area (Å²) in [4.78, 5) is 23.2. The normalized spacial score (nSPS) is 20.5. The molecule has 0 saturated heterocycles. The van der Waals surface area contributed by atoms with Gasteiger partial charge in [0.05, 0.1) is 11.5 Å². The van der Waals surface area contributed by atoms with Gasteiger partial charge in [-0.15, -0.1) is 0 Å². The molecule has 0 spiro atoms. The smallest absolute Gasteiger partial charge is 0.306 e. The zero-order valence-corrected chi connectivity index (χ0v) is 13.0. The Balaban J connectivity index is 1.63. The maximum Gasteiger partial charge on any atom is 0.306 e. The van der Waals surface area contributed by atoms with Gasteiger partial charge in [0, 0.05) is 6.04 Å². The summed E-state index contributed by atoms with van der Waals surface area (Å²) < 4.78 is 19.2. The number of carbonyl (C=O) groups is 2. The number of aliphatic carboxylic acids is 1. The Morgan fingerprint density at radius 2 is 1.79 bits per heavy atom. The van der Waals surface area contributed by atoms with Gasteiger partial charge in [0.2, 0.25) is 0 Å². The SMILES string of the molecule is O=C(NC1CCC(C(=O)O)CC1)c1ccc(-c2ccccc2F)o1. The van der Waals surface area contributed by atoms with Crippen LogP contribution in [0.2, 0.25) is 0 Å². The minimum Gasteiger partial charge on any atom is -0.481 e. The highest BCUT2D eigenvalue weighted by Crippen LogP contribution is 2.26. The second-order valence-corrected chi connectivity index (χ2v) is 6.00. The third kappa shape index (κ3) is 3.48. The molecule has 0 unspecified atom stereocenters. The molecule has 1 aliphatic rings. The number of carboxylic acid groups (broad SMARTS) is 1. The zero-order chi connectivity index (χ0) is 17.1. The first-order chi connectivity index (χ1) is 11.5. The molecule has 1 amide bonds. The molecule has 1 fully saturated rings. The first-order valence-corrected chi connectivity index (χ1v) is 7.93. The van der Waals surface area contributed by atoms with Crippen molar-refractivity contribution in [2.45, 2.75) is 31.7 Å². The van der Waals surface area contributed by atoms with E-state index in [1.807, 2.05) is 0 Å². The van der Waals surface area contributed by atoms with Crippen molar-refractivity contribution < 1.29 is 23.5 Å². The summed E-state index contributed by atoms with van der Waals surface area (Å²) in [7, 11) is 0. The molecule has 126 valence electrons. The zero-order valence-electron chi connectivity index (χ0n) is 13.0. The van der Waals surface area contributed by atoms with Crippen LogP contribution in [-0.2, 0) is 4.79 Å². The number of hydrogen-bond acceptors (Lipinski definition) is 3. The van der Waals surface area contributed by atoms with Gasteiger partial charge in [0.15, 0.2) is 5.76 Å². The number of benzene rings is 1. The van der Waals surface area contributed by atoms with E-state index >= 15 is 0 Å². The summed E-state index contributed by atoms with van der Waals surface area (Å²) in [5.41, 5.74) is 0.304. The number of amides is 1. The third-order valence-electron chi connectivity index (χ3n) is 4.38. The van der Waals surface area contributed by atoms with E-state index in [0.717, 1.165) is 0 Å². The molecule has 1 aromatic heterocycles. The van der Waals surface area contributed by atoms with Crippen molar-refractivity contribution in [2.24, 2.45) is 5.92 Å². The van der Waals surface area contributed by atoms with Gasteiger partial charge in [-0.05, 0) is 49.9 Å². The van der Waals surface area contributed by atoms with Gasteiger partial charge < -0.3 is 14.8 Å². The van der Waals surface area contributed by atoms with Crippen molar-refractivity contribution in [3.8, 4) is 11.3 Å². The Morgan fingerprint density at radius 1 is 1.08 bits per heavy atom. The summed E-state index contributed by atoms with van der Waals surface area (Å²) in [6.07, 6.45) is 2.37. The third-order valence-corrected chi connectivity index (χ3v) is 4.38. The van der Waals surface area contributed by atoms with Gasteiger partial charge in [-0.25, -0.2) is 4.39 Å². The van der Waals surface area contributed by atoms with E-state index in [1.54, 1.807) is 24.3 Å². The first kappa shape index (κ1) is 16.2. The number of halogens is 1. The van der Waals surface area contributed by atoms with Gasteiger partial charge in [0.25, 0.3) is 5.91 Å². The van der Waals surface area contributed by atoms with Gasteiger partial charge >= 0.3 is 5.97 Å². The van der Waals surface area contributed by atoms with E-state index in [2.05, 4.69) is 5.32 Å². The minimum atomic E-state index is -0.777. The Kier molecular flexibility index (Phi) is 4.64. The molecule has 1 aliphatic carbocycles. The molecule has 0 radical (unpaired) electrons. The van der Waals surface area contributed by atoms with Crippen LogP contribution in [-0.4, -0.2) is 23.0 Å². The Morgan fingerprint density at radius 3 is 2.46 bits per heavy atom. The number of carbonyl (C=O) groups excluding carboxylic acids is 1. The lowest BCUT2D eigenvalue weighted by Gasteiger charge is -2.26. The van der Waals surface area contributed by atoms with Crippen LogP contribution in [0, 0.1) is 11.7 Å². The Hall–Kier alpha value is -2.63. The molecule has 0 aliphatic heterocycles. The molecule has 1 saturated carbocycles. The van der Waals surface area contributed by atoms with Crippen molar-refractivity contribution in [3.05, 3.63) is 48.0 Å². The number of hydrogen-bond donors (Lipinski definition) is 2. The van der Waals surface area contributed by atoms with Crippen LogP contribution in [0.1, 0.15) is 36.2 Å². The average Bonchev–Trinajstić information content (AvgIpc) is 3.05. The van der Waals surface area contributed by atoms with E-state index in [-0.39, 0.29) is 23.6 Å². The lowest BCUT2D eigenvalue weighted by atomic mass is 9.86. The van der Waals surface area contributed by atoms with Crippen LogP contribution in [0.5, 0.6) is 0 Å². The molecule has 3 rings (SSSR count). The molecule has 6 heteroatoms. The van der Waals surface area contributed by atoms with Crippen LogP contribution in [0.25, 0.3) is 11.3 Å². The lowest BCUT2D eigenvalue weighted by Crippen LogP contribution is -2.38. The summed E-state index contributed by atoms with van der Waals surface area (Å²) in [6, 6.07) is 9.22. The van der Waals surface area contributed by atoms with E-state index in [4.69, 9.17) is 9.52 Å². The molecular weight excluding hydrogens is 313 g/mol. The first-order valence-electron chi connectivity index (χ1n) is 7.93. The molecule has 1 heterocycles. The Labute approximate surface area is 138 Å². The van der Waals surface area contributed by atoms with Crippen LogP contribution in [0.4, 0.5) is 4.39 Å². The number of furan rings is 1. The van der Waals surface area contributed by atoms with Crippen LogP contribution in [0.3, 0.4) is 0 Å². The monoisotopic (exact) mass is 331 g/mol.